The van der Waals surface area contributed by atoms with Crippen molar-refractivity contribution < 1.29 is 8.95 Å². The van der Waals surface area contributed by atoms with Crippen molar-refractivity contribution in [3.63, 3.8) is 0 Å². The van der Waals surface area contributed by atoms with Crippen molar-refractivity contribution in [1.82, 2.24) is 19.4 Å². The molecule has 2 aromatic heterocycles. The van der Waals surface area contributed by atoms with Crippen LogP contribution in [0, 0.1) is 0 Å². The first-order valence-electron chi connectivity index (χ1n) is 12.3. The lowest BCUT2D eigenvalue weighted by Crippen LogP contribution is -2.35. The fourth-order valence-corrected chi connectivity index (χ4v) is 5.52. The maximum atomic E-state index is 13.5. The Balaban J connectivity index is 1.48. The van der Waals surface area contributed by atoms with Gasteiger partial charge in [-0.2, -0.15) is 4.98 Å². The molecule has 1 fully saturated rings. The number of hydrogen-bond acceptors (Lipinski definition) is 7. The summed E-state index contributed by atoms with van der Waals surface area (Å²) < 4.78 is 20.0. The Kier molecular flexibility index (Phi) is 7.28. The van der Waals surface area contributed by atoms with Crippen LogP contribution in [0.5, 0.6) is 0 Å². The van der Waals surface area contributed by atoms with Gasteiger partial charge >= 0.3 is 0 Å². The van der Waals surface area contributed by atoms with Gasteiger partial charge in [0.2, 0.25) is 5.95 Å². The monoisotopic (exact) mass is 551 g/mol. The molecule has 3 heterocycles. The summed E-state index contributed by atoms with van der Waals surface area (Å²) in [7, 11) is -0.382. The SMILES string of the molecule is C=S(C)(=O)c1ccc(Cl)c(-c2cc3cnc(Nc4ccc(C5CN(C)CCO5)cc4)nc3n(CC)c2=O)c1. The molecule has 5 rings (SSSR count). The van der Waals surface area contributed by atoms with Gasteiger partial charge in [0.1, 0.15) is 5.65 Å². The van der Waals surface area contributed by atoms with Crippen molar-refractivity contribution in [2.45, 2.75) is 24.5 Å². The van der Waals surface area contributed by atoms with Crippen molar-refractivity contribution in [3.8, 4) is 11.1 Å². The summed E-state index contributed by atoms with van der Waals surface area (Å²) in [6.45, 7) is 4.81. The van der Waals surface area contributed by atoms with Gasteiger partial charge in [-0.25, -0.2) is 4.98 Å². The van der Waals surface area contributed by atoms with Crippen molar-refractivity contribution in [1.29, 1.82) is 0 Å². The van der Waals surface area contributed by atoms with Crippen molar-refractivity contribution in [2.75, 3.05) is 38.3 Å². The Hall–Kier alpha value is -3.24. The third-order valence-corrected chi connectivity index (χ3v) is 8.26. The summed E-state index contributed by atoms with van der Waals surface area (Å²) >= 11 is 6.47. The maximum Gasteiger partial charge on any atom is 0.260 e. The van der Waals surface area contributed by atoms with Crippen molar-refractivity contribution in [3.05, 3.63) is 75.7 Å². The van der Waals surface area contributed by atoms with E-state index in [1.807, 2.05) is 31.2 Å². The van der Waals surface area contributed by atoms with E-state index in [4.69, 9.17) is 16.3 Å². The van der Waals surface area contributed by atoms with Crippen LogP contribution >= 0.6 is 11.6 Å². The van der Waals surface area contributed by atoms with E-state index in [0.717, 1.165) is 30.9 Å². The van der Waals surface area contributed by atoms with Crippen LogP contribution in [0.15, 0.2) is 64.4 Å². The van der Waals surface area contributed by atoms with Crippen molar-refractivity contribution in [2.24, 2.45) is 0 Å². The summed E-state index contributed by atoms with van der Waals surface area (Å²) in [4.78, 5) is 25.5. The molecule has 2 aromatic carbocycles. The minimum atomic E-state index is -2.48. The second-order valence-corrected chi connectivity index (χ2v) is 12.5. The number of aromatic nitrogens is 3. The normalized spacial score (nSPS) is 17.8. The van der Waals surface area contributed by atoms with E-state index in [0.29, 0.717) is 44.6 Å². The Bertz CT molecular complexity index is 1670. The van der Waals surface area contributed by atoms with Gasteiger partial charge in [0, 0.05) is 64.2 Å². The molecule has 0 spiro atoms. The number of fused-ring (bicyclic) bond motifs is 1. The van der Waals surface area contributed by atoms with Crippen LogP contribution < -0.4 is 10.9 Å². The fourth-order valence-electron chi connectivity index (χ4n) is 4.57. The predicted octanol–water partition coefficient (Wildman–Crippen LogP) is 4.58. The lowest BCUT2D eigenvalue weighted by Gasteiger charge is -2.30. The van der Waals surface area contributed by atoms with Crippen LogP contribution in [0.25, 0.3) is 22.2 Å². The summed E-state index contributed by atoms with van der Waals surface area (Å²) in [6, 6.07) is 14.8. The van der Waals surface area contributed by atoms with E-state index in [1.54, 1.807) is 41.3 Å². The Morgan fingerprint density at radius 3 is 2.63 bits per heavy atom. The summed E-state index contributed by atoms with van der Waals surface area (Å²) in [6.07, 6.45) is 3.30. The number of nitrogens with zero attached hydrogens (tertiary/aromatic N) is 4. The number of likely N-dealkylation sites (N-methyl/N-ethyl adjacent to an activating group) is 1. The summed E-state index contributed by atoms with van der Waals surface area (Å²) in [5, 5.41) is 4.32. The minimum Gasteiger partial charge on any atom is -0.371 e. The molecule has 1 aliphatic rings. The van der Waals surface area contributed by atoms with Crippen LogP contribution in [0.1, 0.15) is 18.6 Å². The summed E-state index contributed by atoms with van der Waals surface area (Å²) in [5.41, 5.74) is 3.13. The molecule has 198 valence electrons. The zero-order valence-electron chi connectivity index (χ0n) is 21.6. The first-order chi connectivity index (χ1) is 18.1. The lowest BCUT2D eigenvalue weighted by molar-refractivity contribution is -0.0208. The van der Waals surface area contributed by atoms with Gasteiger partial charge in [0.15, 0.2) is 0 Å². The number of halogens is 1. The molecule has 4 aromatic rings. The van der Waals surface area contributed by atoms with Crippen LogP contribution in [0.4, 0.5) is 11.6 Å². The summed E-state index contributed by atoms with van der Waals surface area (Å²) in [5.74, 6) is 4.14. The van der Waals surface area contributed by atoms with E-state index in [2.05, 4.69) is 33.1 Å². The molecule has 10 heteroatoms. The average Bonchev–Trinajstić information content (AvgIpc) is 2.89. The van der Waals surface area contributed by atoms with Crippen LogP contribution in [-0.2, 0) is 20.8 Å². The van der Waals surface area contributed by atoms with E-state index < -0.39 is 9.52 Å². The fraction of sp³-hybridized carbons (Fsp3) is 0.286. The Morgan fingerprint density at radius 1 is 1.18 bits per heavy atom. The van der Waals surface area contributed by atoms with Gasteiger partial charge < -0.3 is 15.0 Å². The number of ether oxygens (including phenoxy) is 1. The average molecular weight is 552 g/mol. The third-order valence-electron chi connectivity index (χ3n) is 6.68. The number of pyridine rings is 1. The van der Waals surface area contributed by atoms with E-state index >= 15 is 0 Å². The molecule has 1 aliphatic heterocycles. The highest BCUT2D eigenvalue weighted by atomic mass is 35.5. The molecule has 38 heavy (non-hydrogen) atoms. The highest BCUT2D eigenvalue weighted by Crippen LogP contribution is 2.30. The van der Waals surface area contributed by atoms with Gasteiger partial charge in [-0.1, -0.05) is 23.7 Å². The predicted molar refractivity (Wildman–Crippen MR) is 155 cm³/mol. The smallest absolute Gasteiger partial charge is 0.260 e. The molecule has 2 atom stereocenters. The number of hydrogen-bond donors (Lipinski definition) is 1. The molecule has 0 saturated carbocycles. The molecule has 1 saturated heterocycles. The number of nitrogens with one attached hydrogen (secondary N) is 1. The zero-order valence-corrected chi connectivity index (χ0v) is 23.2. The first-order valence-corrected chi connectivity index (χ1v) is 14.9. The van der Waals surface area contributed by atoms with Crippen LogP contribution in [0.3, 0.4) is 0 Å². The molecule has 0 bridgehead atoms. The van der Waals surface area contributed by atoms with E-state index in [9.17, 15) is 9.00 Å². The second-order valence-electron chi connectivity index (χ2n) is 9.60. The van der Waals surface area contributed by atoms with E-state index in [1.165, 1.54) is 0 Å². The van der Waals surface area contributed by atoms with Gasteiger partial charge in [0.25, 0.3) is 5.56 Å². The zero-order chi connectivity index (χ0) is 27.0. The Morgan fingerprint density at radius 2 is 1.95 bits per heavy atom. The van der Waals surface area contributed by atoms with Crippen molar-refractivity contribution >= 4 is 49.7 Å². The largest absolute Gasteiger partial charge is 0.371 e. The highest BCUT2D eigenvalue weighted by Gasteiger charge is 2.20. The van der Waals surface area contributed by atoms with Gasteiger partial charge in [-0.3, -0.25) is 13.6 Å². The Labute approximate surface area is 227 Å². The molecule has 1 N–H and O–H groups in total. The lowest BCUT2D eigenvalue weighted by atomic mass is 10.1. The molecule has 0 radical (unpaired) electrons. The molecule has 2 unspecified atom stereocenters. The molecular formula is C28H30ClN5O3S. The molecule has 0 amide bonds. The van der Waals surface area contributed by atoms with Crippen LogP contribution in [0.2, 0.25) is 5.02 Å². The number of benzene rings is 2. The number of rotatable bonds is 6. The molecular weight excluding hydrogens is 522 g/mol. The quantitative estimate of drug-likeness (QED) is 0.351. The second kappa shape index (κ2) is 10.5. The first kappa shape index (κ1) is 26.4. The topological polar surface area (TPSA) is 89.3 Å². The maximum absolute atomic E-state index is 13.5. The van der Waals surface area contributed by atoms with Gasteiger partial charge in [-0.15, -0.1) is 0 Å². The molecule has 0 aliphatic carbocycles. The minimum absolute atomic E-state index is 0.0551. The number of anilines is 2. The number of aryl methyl sites for hydroxylation is 1. The highest BCUT2D eigenvalue weighted by molar-refractivity contribution is 7.99. The van der Waals surface area contributed by atoms with E-state index in [-0.39, 0.29) is 11.7 Å². The van der Waals surface area contributed by atoms with Crippen LogP contribution in [-0.4, -0.2) is 62.5 Å². The standard InChI is InChI=1S/C28H30ClN5O3S/c1-5-34-26-19(14-23(27(34)35)22-15-21(38(3,4)36)10-11-24(22)29)16-30-28(32-26)31-20-8-6-18(7-9-20)25-17-33(2)12-13-37-25/h6-11,14-16,25H,3,5,12-13,17H2,1-2,4H3,(H,30,31,32). The molecule has 8 nitrogen and oxygen atoms in total. The van der Waals surface area contributed by atoms with Gasteiger partial charge in [0.05, 0.1) is 12.7 Å². The number of morpholine rings is 1. The third kappa shape index (κ3) is 5.33. The van der Waals surface area contributed by atoms with Gasteiger partial charge in [-0.05, 0) is 71.3 Å².